The summed E-state index contributed by atoms with van der Waals surface area (Å²) in [4.78, 5) is 0. The van der Waals surface area contributed by atoms with Crippen LogP contribution in [0, 0.1) is 18.6 Å². The summed E-state index contributed by atoms with van der Waals surface area (Å²) in [6.07, 6.45) is 1.54. The SMILES string of the molecule is CCNC(c1cc(F)c(Br)cc1F)c1ccoc1C. The smallest absolute Gasteiger partial charge is 0.137 e. The van der Waals surface area contributed by atoms with Crippen LogP contribution < -0.4 is 5.32 Å². The van der Waals surface area contributed by atoms with Gasteiger partial charge >= 0.3 is 0 Å². The maximum absolute atomic E-state index is 14.1. The van der Waals surface area contributed by atoms with Gasteiger partial charge in [-0.05, 0) is 47.6 Å². The van der Waals surface area contributed by atoms with Crippen molar-refractivity contribution >= 4 is 15.9 Å². The van der Waals surface area contributed by atoms with Crippen LogP contribution in [-0.4, -0.2) is 6.54 Å². The average molecular weight is 330 g/mol. The summed E-state index contributed by atoms with van der Waals surface area (Å²) < 4.78 is 33.1. The zero-order valence-corrected chi connectivity index (χ0v) is 12.2. The highest BCUT2D eigenvalue weighted by atomic mass is 79.9. The first-order valence-electron chi connectivity index (χ1n) is 5.96. The first-order chi connectivity index (χ1) is 9.04. The van der Waals surface area contributed by atoms with Gasteiger partial charge in [-0.1, -0.05) is 6.92 Å². The Bertz CT molecular complexity index is 583. The van der Waals surface area contributed by atoms with Crippen LogP contribution in [0.4, 0.5) is 8.78 Å². The Labute approximate surface area is 118 Å². The lowest BCUT2D eigenvalue weighted by molar-refractivity contribution is 0.509. The molecule has 1 aromatic carbocycles. The molecule has 1 aromatic heterocycles. The standard InChI is InChI=1S/C14H14BrF2NO/c1-3-18-14(9-4-5-19-8(9)2)10-6-13(17)11(15)7-12(10)16/h4-7,14,18H,3H2,1-2H3. The van der Waals surface area contributed by atoms with Crippen LogP contribution in [0.25, 0.3) is 0 Å². The van der Waals surface area contributed by atoms with Crippen molar-refractivity contribution in [2.24, 2.45) is 0 Å². The van der Waals surface area contributed by atoms with E-state index in [4.69, 9.17) is 4.42 Å². The molecule has 1 N–H and O–H groups in total. The largest absolute Gasteiger partial charge is 0.469 e. The molecule has 5 heteroatoms. The zero-order valence-electron chi connectivity index (χ0n) is 10.6. The van der Waals surface area contributed by atoms with E-state index in [1.165, 1.54) is 6.07 Å². The predicted octanol–water partition coefficient (Wildman–Crippen LogP) is 4.33. The highest BCUT2D eigenvalue weighted by molar-refractivity contribution is 9.10. The van der Waals surface area contributed by atoms with E-state index in [1.54, 1.807) is 19.3 Å². The molecule has 2 nitrogen and oxygen atoms in total. The van der Waals surface area contributed by atoms with Gasteiger partial charge in [-0.15, -0.1) is 0 Å². The Hall–Kier alpha value is -1.20. The Morgan fingerprint density at radius 1 is 1.26 bits per heavy atom. The van der Waals surface area contributed by atoms with E-state index in [1.807, 2.05) is 6.92 Å². The summed E-state index contributed by atoms with van der Waals surface area (Å²) in [6.45, 7) is 4.34. The zero-order chi connectivity index (χ0) is 14.0. The van der Waals surface area contributed by atoms with E-state index in [0.717, 1.165) is 11.6 Å². The number of nitrogens with one attached hydrogen (secondary N) is 1. The summed E-state index contributed by atoms with van der Waals surface area (Å²) in [6, 6.07) is 3.69. The number of aryl methyl sites for hydroxylation is 1. The molecule has 2 rings (SSSR count). The molecule has 1 unspecified atom stereocenters. The number of furan rings is 1. The average Bonchev–Trinajstić information content (AvgIpc) is 2.77. The van der Waals surface area contributed by atoms with E-state index in [9.17, 15) is 8.78 Å². The summed E-state index contributed by atoms with van der Waals surface area (Å²) in [7, 11) is 0. The van der Waals surface area contributed by atoms with Crippen LogP contribution in [0.1, 0.15) is 29.9 Å². The van der Waals surface area contributed by atoms with E-state index in [-0.39, 0.29) is 10.0 Å². The van der Waals surface area contributed by atoms with Crippen molar-refractivity contribution in [3.8, 4) is 0 Å². The first-order valence-corrected chi connectivity index (χ1v) is 6.75. The van der Waals surface area contributed by atoms with E-state index < -0.39 is 17.7 Å². The fraction of sp³-hybridized carbons (Fsp3) is 0.286. The lowest BCUT2D eigenvalue weighted by atomic mass is 9.98. The normalized spacial score (nSPS) is 12.7. The molecule has 0 fully saturated rings. The van der Waals surface area contributed by atoms with Gasteiger partial charge in [0.25, 0.3) is 0 Å². The monoisotopic (exact) mass is 329 g/mol. The van der Waals surface area contributed by atoms with Crippen molar-refractivity contribution in [1.29, 1.82) is 0 Å². The molecule has 0 aliphatic heterocycles. The Morgan fingerprint density at radius 2 is 2.00 bits per heavy atom. The molecule has 0 aliphatic carbocycles. The molecule has 19 heavy (non-hydrogen) atoms. The van der Waals surface area contributed by atoms with Crippen molar-refractivity contribution in [3.05, 3.63) is 57.5 Å². The quantitative estimate of drug-likeness (QED) is 0.844. The molecular weight excluding hydrogens is 316 g/mol. The Morgan fingerprint density at radius 3 is 2.58 bits per heavy atom. The number of benzene rings is 1. The van der Waals surface area contributed by atoms with Crippen molar-refractivity contribution < 1.29 is 13.2 Å². The van der Waals surface area contributed by atoms with Gasteiger partial charge in [0.15, 0.2) is 0 Å². The van der Waals surface area contributed by atoms with Crippen LogP contribution in [0.5, 0.6) is 0 Å². The minimum Gasteiger partial charge on any atom is -0.469 e. The first kappa shape index (κ1) is 14.2. The summed E-state index contributed by atoms with van der Waals surface area (Å²) in [5.74, 6) is -0.256. The molecule has 0 saturated carbocycles. The summed E-state index contributed by atoms with van der Waals surface area (Å²) >= 11 is 2.98. The van der Waals surface area contributed by atoms with Crippen LogP contribution in [-0.2, 0) is 0 Å². The lowest BCUT2D eigenvalue weighted by Gasteiger charge is -2.19. The van der Waals surface area contributed by atoms with Gasteiger partial charge in [0.1, 0.15) is 17.4 Å². The van der Waals surface area contributed by atoms with Gasteiger partial charge in [-0.25, -0.2) is 8.78 Å². The minimum absolute atomic E-state index is 0.118. The van der Waals surface area contributed by atoms with Gasteiger partial charge < -0.3 is 9.73 Å². The Kier molecular flexibility index (Phi) is 4.37. The maximum Gasteiger partial charge on any atom is 0.137 e. The molecule has 0 aliphatic rings. The highest BCUT2D eigenvalue weighted by Gasteiger charge is 2.22. The maximum atomic E-state index is 14.1. The topological polar surface area (TPSA) is 25.2 Å². The molecule has 0 radical (unpaired) electrons. The minimum atomic E-state index is -0.486. The molecule has 1 atom stereocenters. The fourth-order valence-corrected chi connectivity index (χ4v) is 2.36. The van der Waals surface area contributed by atoms with E-state index in [0.29, 0.717) is 12.3 Å². The summed E-state index contributed by atoms with van der Waals surface area (Å²) in [5, 5.41) is 3.15. The van der Waals surface area contributed by atoms with E-state index in [2.05, 4.69) is 21.2 Å². The molecule has 0 spiro atoms. The summed E-state index contributed by atoms with van der Waals surface area (Å²) in [5.41, 5.74) is 1.08. The Balaban J connectivity index is 2.51. The third-order valence-electron chi connectivity index (χ3n) is 2.97. The lowest BCUT2D eigenvalue weighted by Crippen LogP contribution is -2.23. The second-order valence-electron chi connectivity index (χ2n) is 4.21. The van der Waals surface area contributed by atoms with Crippen molar-refractivity contribution in [3.63, 3.8) is 0 Å². The highest BCUT2D eigenvalue weighted by Crippen LogP contribution is 2.30. The molecular formula is C14H14BrF2NO. The molecule has 102 valence electrons. The molecule has 0 amide bonds. The molecule has 1 heterocycles. The predicted molar refractivity (Wildman–Crippen MR) is 73.0 cm³/mol. The number of hydrogen-bond donors (Lipinski definition) is 1. The van der Waals surface area contributed by atoms with Crippen molar-refractivity contribution in [1.82, 2.24) is 5.32 Å². The van der Waals surface area contributed by atoms with E-state index >= 15 is 0 Å². The van der Waals surface area contributed by atoms with Crippen LogP contribution in [0.2, 0.25) is 0 Å². The fourth-order valence-electron chi connectivity index (χ4n) is 2.05. The molecule has 0 bridgehead atoms. The molecule has 0 saturated heterocycles. The van der Waals surface area contributed by atoms with Crippen LogP contribution >= 0.6 is 15.9 Å². The van der Waals surface area contributed by atoms with Gasteiger partial charge in [0, 0.05) is 11.1 Å². The van der Waals surface area contributed by atoms with Crippen molar-refractivity contribution in [2.45, 2.75) is 19.9 Å². The van der Waals surface area contributed by atoms with Gasteiger partial charge in [-0.3, -0.25) is 0 Å². The third kappa shape index (κ3) is 2.87. The second-order valence-corrected chi connectivity index (χ2v) is 5.06. The molecule has 2 aromatic rings. The third-order valence-corrected chi connectivity index (χ3v) is 3.58. The second kappa shape index (κ2) is 5.84. The van der Waals surface area contributed by atoms with Gasteiger partial charge in [0.05, 0.1) is 16.8 Å². The number of hydrogen-bond acceptors (Lipinski definition) is 2. The number of halogens is 3. The van der Waals surface area contributed by atoms with Crippen LogP contribution in [0.3, 0.4) is 0 Å². The van der Waals surface area contributed by atoms with Gasteiger partial charge in [-0.2, -0.15) is 0 Å². The number of rotatable bonds is 4. The van der Waals surface area contributed by atoms with Gasteiger partial charge in [0.2, 0.25) is 0 Å². The van der Waals surface area contributed by atoms with Crippen LogP contribution in [0.15, 0.2) is 33.4 Å². The van der Waals surface area contributed by atoms with Crippen molar-refractivity contribution in [2.75, 3.05) is 6.54 Å².